The molecule has 4 nitrogen and oxygen atoms in total. The highest BCUT2D eigenvalue weighted by molar-refractivity contribution is 7.27. The highest BCUT2D eigenvalue weighted by Gasteiger charge is 2.23. The van der Waals surface area contributed by atoms with Crippen molar-refractivity contribution in [3.8, 4) is 22.8 Å². The summed E-state index contributed by atoms with van der Waals surface area (Å²) >= 11 is 7.26. The molecule has 13 aromatic rings. The van der Waals surface area contributed by atoms with E-state index in [4.69, 9.17) is 15.0 Å². The van der Waals surface area contributed by atoms with E-state index in [-0.39, 0.29) is 0 Å². The molecule has 0 aliphatic rings. The zero-order chi connectivity index (χ0) is 38.6. The summed E-state index contributed by atoms with van der Waals surface area (Å²) in [5.74, 6) is 1.85. The lowest BCUT2D eigenvalue weighted by Crippen LogP contribution is -2.15. The Morgan fingerprint density at radius 1 is 0.322 bits per heavy atom. The SMILES string of the molecule is c1ccc2c(c1)sc1cc(N(c3ccc4sc5ccccc5c4c3)c3nc(-c4ccc5sc6ccccc6c5c4)nc(-c4cccc5c4sc4ccccc45)n3)ccc12. The predicted molar refractivity (Wildman–Crippen MR) is 257 cm³/mol. The Kier molecular flexibility index (Phi) is 7.35. The van der Waals surface area contributed by atoms with E-state index < -0.39 is 0 Å². The van der Waals surface area contributed by atoms with Crippen LogP contribution >= 0.6 is 45.3 Å². The van der Waals surface area contributed by atoms with Crippen molar-refractivity contribution in [3.63, 3.8) is 0 Å². The Labute approximate surface area is 353 Å². The molecule has 0 spiro atoms. The number of nitrogens with zero attached hydrogens (tertiary/aromatic N) is 4. The van der Waals surface area contributed by atoms with Gasteiger partial charge in [0.15, 0.2) is 11.6 Å². The molecule has 0 unspecified atom stereocenters. The monoisotopic (exact) mass is 824 g/mol. The minimum Gasteiger partial charge on any atom is -0.279 e. The molecule has 0 aliphatic carbocycles. The third-order valence-electron chi connectivity index (χ3n) is 11.3. The van der Waals surface area contributed by atoms with Crippen LogP contribution in [0.5, 0.6) is 0 Å². The Bertz CT molecular complexity index is 3830. The third kappa shape index (κ3) is 5.27. The van der Waals surface area contributed by atoms with Crippen molar-refractivity contribution < 1.29 is 0 Å². The summed E-state index contributed by atoms with van der Waals surface area (Å²) in [6, 6.07) is 61.3. The standard InChI is InChI=1S/C51H28N4S4/c1-5-16-41-32(10-1)36-23-21-31(28-47(36)58-41)55(30-22-25-46-40(27-30)35-13-4-7-18-43(35)57-46)51-53-49(29-20-24-45-39(26-29)34-12-3-6-17-42(34)56-45)52-50(54-51)38-15-9-14-37-33-11-2-8-19-44(33)59-48(37)38/h1-28H. The van der Waals surface area contributed by atoms with Crippen molar-refractivity contribution in [2.24, 2.45) is 0 Å². The largest absolute Gasteiger partial charge is 0.279 e. The van der Waals surface area contributed by atoms with Crippen molar-refractivity contribution in [2.45, 2.75) is 0 Å². The molecule has 0 radical (unpaired) electrons. The van der Waals surface area contributed by atoms with Crippen molar-refractivity contribution in [1.29, 1.82) is 0 Å². The van der Waals surface area contributed by atoms with Crippen LogP contribution in [0.4, 0.5) is 17.3 Å². The highest BCUT2D eigenvalue weighted by Crippen LogP contribution is 2.45. The van der Waals surface area contributed by atoms with E-state index in [2.05, 4.69) is 175 Å². The second kappa shape index (κ2) is 13.0. The van der Waals surface area contributed by atoms with Gasteiger partial charge in [-0.1, -0.05) is 91.0 Å². The average molecular weight is 825 g/mol. The fourth-order valence-electron chi connectivity index (χ4n) is 8.59. The number of hydrogen-bond acceptors (Lipinski definition) is 8. The van der Waals surface area contributed by atoms with Gasteiger partial charge in [-0.15, -0.1) is 45.3 Å². The van der Waals surface area contributed by atoms with Gasteiger partial charge in [0, 0.05) is 97.5 Å². The lowest BCUT2D eigenvalue weighted by molar-refractivity contribution is 1.03. The predicted octanol–water partition coefficient (Wildman–Crippen LogP) is 16.1. The molecule has 0 saturated heterocycles. The summed E-state index contributed by atoms with van der Waals surface area (Å²) in [5.41, 5.74) is 3.93. The van der Waals surface area contributed by atoms with E-state index >= 15 is 0 Å². The van der Waals surface area contributed by atoms with Crippen LogP contribution in [0.1, 0.15) is 0 Å². The quantitative estimate of drug-likeness (QED) is 0.173. The first-order chi connectivity index (χ1) is 29.2. The number of fused-ring (bicyclic) bond motifs is 12. The molecular weight excluding hydrogens is 797 g/mol. The van der Waals surface area contributed by atoms with Gasteiger partial charge in [-0.05, 0) is 78.9 Å². The summed E-state index contributed by atoms with van der Waals surface area (Å²) in [5, 5.41) is 9.89. The van der Waals surface area contributed by atoms with Crippen LogP contribution in [0, 0.1) is 0 Å². The first-order valence-electron chi connectivity index (χ1n) is 19.4. The lowest BCUT2D eigenvalue weighted by Gasteiger charge is -2.24. The van der Waals surface area contributed by atoms with Crippen LogP contribution in [0.2, 0.25) is 0 Å². The number of rotatable bonds is 5. The third-order valence-corrected chi connectivity index (χ3v) is 16.0. The number of aromatic nitrogens is 3. The molecule has 8 aromatic carbocycles. The van der Waals surface area contributed by atoms with Gasteiger partial charge in [0.05, 0.1) is 5.69 Å². The van der Waals surface area contributed by atoms with Crippen LogP contribution in [-0.4, -0.2) is 15.0 Å². The second-order valence-electron chi connectivity index (χ2n) is 14.8. The maximum absolute atomic E-state index is 5.48. The summed E-state index contributed by atoms with van der Waals surface area (Å²) in [4.78, 5) is 18.5. The van der Waals surface area contributed by atoms with Crippen molar-refractivity contribution >= 4 is 143 Å². The van der Waals surface area contributed by atoms with Gasteiger partial charge >= 0.3 is 0 Å². The molecule has 276 valence electrons. The number of anilines is 3. The first kappa shape index (κ1) is 33.4. The van der Waals surface area contributed by atoms with Crippen LogP contribution in [0.3, 0.4) is 0 Å². The average Bonchev–Trinajstić information content (AvgIpc) is 4.06. The van der Waals surface area contributed by atoms with Crippen molar-refractivity contribution in [3.05, 3.63) is 170 Å². The van der Waals surface area contributed by atoms with Crippen molar-refractivity contribution in [2.75, 3.05) is 4.90 Å². The molecule has 0 N–H and O–H groups in total. The molecule has 13 rings (SSSR count). The highest BCUT2D eigenvalue weighted by atomic mass is 32.1. The van der Waals surface area contributed by atoms with Crippen LogP contribution in [0.25, 0.3) is 103 Å². The zero-order valence-corrected chi connectivity index (χ0v) is 34.4. The minimum absolute atomic E-state index is 0.567. The fourth-order valence-corrected chi connectivity index (χ4v) is 13.1. The summed E-state index contributed by atoms with van der Waals surface area (Å²) in [6.07, 6.45) is 0. The Balaban J connectivity index is 1.10. The van der Waals surface area contributed by atoms with Gasteiger partial charge in [-0.3, -0.25) is 4.90 Å². The minimum atomic E-state index is 0.567. The first-order valence-corrected chi connectivity index (χ1v) is 22.7. The number of thiophene rings is 4. The molecule has 0 amide bonds. The summed E-state index contributed by atoms with van der Waals surface area (Å²) in [6.45, 7) is 0. The maximum Gasteiger partial charge on any atom is 0.238 e. The van der Waals surface area contributed by atoms with Gasteiger partial charge in [-0.25, -0.2) is 4.98 Å². The maximum atomic E-state index is 5.48. The van der Waals surface area contributed by atoms with Crippen LogP contribution in [-0.2, 0) is 0 Å². The molecular formula is C51H28N4S4. The molecule has 0 saturated carbocycles. The number of benzene rings is 8. The van der Waals surface area contributed by atoms with Gasteiger partial charge in [0.1, 0.15) is 0 Å². The molecule has 8 heteroatoms. The van der Waals surface area contributed by atoms with E-state index in [0.29, 0.717) is 17.6 Å². The fraction of sp³-hybridized carbons (Fsp3) is 0. The smallest absolute Gasteiger partial charge is 0.238 e. The van der Waals surface area contributed by atoms with Gasteiger partial charge in [0.2, 0.25) is 5.95 Å². The molecule has 0 atom stereocenters. The molecule has 5 heterocycles. The van der Waals surface area contributed by atoms with E-state index in [9.17, 15) is 0 Å². The molecule has 0 bridgehead atoms. The zero-order valence-electron chi connectivity index (χ0n) is 31.1. The van der Waals surface area contributed by atoms with Crippen LogP contribution in [0.15, 0.2) is 170 Å². The Hall–Kier alpha value is -6.55. The normalized spacial score (nSPS) is 12.1. The number of hydrogen-bond donors (Lipinski definition) is 0. The molecule has 59 heavy (non-hydrogen) atoms. The summed E-state index contributed by atoms with van der Waals surface area (Å²) < 4.78 is 9.94. The van der Waals surface area contributed by atoms with Crippen LogP contribution < -0.4 is 4.90 Å². The second-order valence-corrected chi connectivity index (χ2v) is 19.1. The van der Waals surface area contributed by atoms with E-state index in [1.165, 1.54) is 80.7 Å². The van der Waals surface area contributed by atoms with Gasteiger partial charge in [0.25, 0.3) is 0 Å². The molecule has 0 fully saturated rings. The Morgan fingerprint density at radius 2 is 0.814 bits per heavy atom. The van der Waals surface area contributed by atoms with Gasteiger partial charge < -0.3 is 0 Å². The molecule has 5 aromatic heterocycles. The molecule has 0 aliphatic heterocycles. The van der Waals surface area contributed by atoms with Crippen molar-refractivity contribution in [1.82, 2.24) is 15.0 Å². The topological polar surface area (TPSA) is 41.9 Å². The van der Waals surface area contributed by atoms with E-state index in [1.54, 1.807) is 11.3 Å². The summed E-state index contributed by atoms with van der Waals surface area (Å²) in [7, 11) is 0. The Morgan fingerprint density at radius 3 is 1.53 bits per heavy atom. The van der Waals surface area contributed by atoms with E-state index in [0.717, 1.165) is 22.5 Å². The van der Waals surface area contributed by atoms with E-state index in [1.807, 2.05) is 34.0 Å². The van der Waals surface area contributed by atoms with Gasteiger partial charge in [-0.2, -0.15) is 9.97 Å². The lowest BCUT2D eigenvalue weighted by atomic mass is 10.1.